The number of pyridine rings is 1. The van der Waals surface area contributed by atoms with E-state index in [2.05, 4.69) is 20.4 Å². The van der Waals surface area contributed by atoms with Crippen LogP contribution in [0.4, 0.5) is 10.2 Å². The first-order valence-corrected chi connectivity index (χ1v) is 11.3. The molecule has 3 aromatic heterocycles. The molecule has 5 heterocycles. The van der Waals surface area contributed by atoms with E-state index in [1.807, 2.05) is 6.07 Å². The van der Waals surface area contributed by atoms with Gasteiger partial charge in [-0.05, 0) is 36.0 Å². The van der Waals surface area contributed by atoms with Crippen LogP contribution in [0.15, 0.2) is 30.7 Å². The van der Waals surface area contributed by atoms with Crippen molar-refractivity contribution in [1.29, 1.82) is 0 Å². The van der Waals surface area contributed by atoms with E-state index in [1.54, 1.807) is 6.20 Å². The number of hydrogen-bond donors (Lipinski definition) is 1. The third-order valence-corrected chi connectivity index (χ3v) is 7.59. The lowest BCUT2D eigenvalue weighted by Crippen LogP contribution is -2.54. The van der Waals surface area contributed by atoms with Crippen LogP contribution in [0.25, 0.3) is 5.65 Å². The molecule has 2 fully saturated rings. The smallest absolute Gasteiger partial charge is 0.271 e. The van der Waals surface area contributed by atoms with Gasteiger partial charge >= 0.3 is 0 Å². The fraction of sp³-hybridized carbons (Fsp3) is 0.429. The zero-order chi connectivity index (χ0) is 24.8. The number of fused-ring (bicyclic) bond motifs is 5. The Morgan fingerprint density at radius 2 is 1.89 bits per heavy atom. The summed E-state index contributed by atoms with van der Waals surface area (Å²) in [5, 5.41) is 2.19. The highest BCUT2D eigenvalue weighted by atomic mass is 19.1. The Balaban J connectivity index is 1.52. The number of aromatic nitrogens is 4. The number of carbonyl (C=O) groups is 1. The second-order valence-corrected chi connectivity index (χ2v) is 9.50. The molecule has 6 rings (SSSR count). The molecule has 35 heavy (non-hydrogen) atoms. The quantitative estimate of drug-likeness (QED) is 0.515. The summed E-state index contributed by atoms with van der Waals surface area (Å²) in [6, 6.07) is 3.18. The normalized spacial score (nSPS) is 24.7. The fourth-order valence-electron chi connectivity index (χ4n) is 5.36. The predicted octanol–water partition coefficient (Wildman–Crippen LogP) is -0.107. The van der Waals surface area contributed by atoms with E-state index in [0.717, 1.165) is 24.9 Å². The number of nitrogens with one attached hydrogen (secondary N) is 1. The third-order valence-electron chi connectivity index (χ3n) is 7.59. The first-order chi connectivity index (χ1) is 16.6. The van der Waals surface area contributed by atoms with E-state index < -0.39 is 27.6 Å². The SMILES string of the molecule is [B]C1([B])C([B])([B])C1([B])N1CCc2ncc(F)cc2C2CCCN2c2ccn3ncc(c3n2)C(=O)N1. The highest BCUT2D eigenvalue weighted by Gasteiger charge is 2.73. The summed E-state index contributed by atoms with van der Waals surface area (Å²) in [6.45, 7) is 0.839. The molecule has 2 aliphatic heterocycles. The molecular formula is C21H17B5FN7O. The van der Waals surface area contributed by atoms with Gasteiger partial charge in [-0.25, -0.2) is 18.9 Å². The molecule has 0 spiro atoms. The van der Waals surface area contributed by atoms with Crippen LogP contribution < -0.4 is 10.3 Å². The molecule has 164 valence electrons. The summed E-state index contributed by atoms with van der Waals surface area (Å²) in [6.07, 6.45) is 6.29. The Labute approximate surface area is 208 Å². The lowest BCUT2D eigenvalue weighted by Gasteiger charge is -2.35. The Kier molecular flexibility index (Phi) is 4.79. The van der Waals surface area contributed by atoms with Crippen molar-refractivity contribution in [3.8, 4) is 0 Å². The van der Waals surface area contributed by atoms with Crippen LogP contribution >= 0.6 is 0 Å². The number of rotatable bonds is 1. The van der Waals surface area contributed by atoms with Gasteiger partial charge in [0.05, 0.1) is 57.7 Å². The van der Waals surface area contributed by atoms with Crippen molar-refractivity contribution in [3.63, 3.8) is 0 Å². The van der Waals surface area contributed by atoms with Crippen molar-refractivity contribution in [3.05, 3.63) is 53.4 Å². The summed E-state index contributed by atoms with van der Waals surface area (Å²) in [7, 11) is 31.1. The van der Waals surface area contributed by atoms with Gasteiger partial charge in [0.25, 0.3) is 5.91 Å². The number of amides is 1. The second kappa shape index (κ2) is 7.38. The van der Waals surface area contributed by atoms with E-state index >= 15 is 0 Å². The molecule has 1 aliphatic carbocycles. The maximum Gasteiger partial charge on any atom is 0.271 e. The van der Waals surface area contributed by atoms with Crippen molar-refractivity contribution in [2.75, 3.05) is 18.0 Å². The number of anilines is 1. The van der Waals surface area contributed by atoms with E-state index in [4.69, 9.17) is 44.2 Å². The van der Waals surface area contributed by atoms with Crippen LogP contribution in [0.5, 0.6) is 0 Å². The van der Waals surface area contributed by atoms with Gasteiger partial charge < -0.3 is 4.90 Å². The molecule has 1 unspecified atom stereocenters. The molecule has 3 aliphatic rings. The van der Waals surface area contributed by atoms with Gasteiger partial charge in [-0.2, -0.15) is 5.10 Å². The lowest BCUT2D eigenvalue weighted by atomic mass is 9.49. The Hall–Kier alpha value is -2.75. The number of halogens is 1. The van der Waals surface area contributed by atoms with E-state index in [9.17, 15) is 9.18 Å². The topological polar surface area (TPSA) is 78.7 Å². The summed E-state index contributed by atoms with van der Waals surface area (Å²) in [4.78, 5) is 24.6. The first-order valence-electron chi connectivity index (χ1n) is 11.3. The van der Waals surface area contributed by atoms with Crippen LogP contribution in [0, 0.1) is 5.82 Å². The fourth-order valence-corrected chi connectivity index (χ4v) is 5.36. The molecule has 1 saturated carbocycles. The first kappa shape index (κ1) is 22.7. The molecule has 8 nitrogen and oxygen atoms in total. The van der Waals surface area contributed by atoms with Crippen molar-refractivity contribution in [2.45, 2.75) is 41.2 Å². The molecule has 14 heteroatoms. The van der Waals surface area contributed by atoms with Gasteiger partial charge in [-0.15, -0.1) is 0 Å². The summed E-state index contributed by atoms with van der Waals surface area (Å²) in [5.74, 6) is -0.309. The summed E-state index contributed by atoms with van der Waals surface area (Å²) < 4.78 is 15.9. The second-order valence-electron chi connectivity index (χ2n) is 9.50. The molecule has 2 bridgehead atoms. The van der Waals surface area contributed by atoms with Crippen LogP contribution in [0.1, 0.15) is 40.5 Å². The Morgan fingerprint density at radius 3 is 2.63 bits per heavy atom. The number of carbonyl (C=O) groups excluding carboxylic acids is 1. The van der Waals surface area contributed by atoms with E-state index in [0.29, 0.717) is 23.6 Å². The zero-order valence-corrected chi connectivity index (χ0v) is 18.9. The minimum atomic E-state index is -1.70. The molecule has 0 aromatic carbocycles. The van der Waals surface area contributed by atoms with Crippen LogP contribution in [-0.4, -0.2) is 88.3 Å². The maximum absolute atomic E-state index is 14.4. The molecule has 10 radical (unpaired) electrons. The molecular weight excluding hydrogens is 439 g/mol. The van der Waals surface area contributed by atoms with Gasteiger partial charge in [0, 0.05) is 31.4 Å². The van der Waals surface area contributed by atoms with Crippen molar-refractivity contribution in [2.24, 2.45) is 0 Å². The van der Waals surface area contributed by atoms with Gasteiger partial charge in [0.2, 0.25) is 0 Å². The number of nitrogens with zero attached hydrogens (tertiary/aromatic N) is 6. The maximum atomic E-state index is 14.4. The van der Waals surface area contributed by atoms with E-state index in [1.165, 1.54) is 28.0 Å². The lowest BCUT2D eigenvalue weighted by molar-refractivity contribution is 0.0736. The highest BCUT2D eigenvalue weighted by molar-refractivity contribution is 6.67. The van der Waals surface area contributed by atoms with Gasteiger partial charge in [-0.3, -0.25) is 15.2 Å². The van der Waals surface area contributed by atoms with Gasteiger partial charge in [-0.1, -0.05) is 10.4 Å². The monoisotopic (exact) mass is 457 g/mol. The molecule has 3 aromatic rings. The molecule has 1 N–H and O–H groups in total. The molecule has 1 atom stereocenters. The number of hydrazine groups is 1. The minimum Gasteiger partial charge on any atom is -0.349 e. The van der Waals surface area contributed by atoms with Crippen LogP contribution in [0.3, 0.4) is 0 Å². The zero-order valence-electron chi connectivity index (χ0n) is 18.9. The Morgan fingerprint density at radius 1 is 1.11 bits per heavy atom. The number of hydrogen-bond acceptors (Lipinski definition) is 6. The standard InChI is InChI=1S/C21H17B5FN7O/c22-19(23)20(24,25)21(19,26)34-7-3-14-12(8-11(27)9-28-14)15-2-1-5-32(15)16-4-6-33-17(30-16)13(10-29-33)18(35)31-34/h4,6,8-10,15H,1-3,5,7H2,(H,31,35). The largest absolute Gasteiger partial charge is 0.349 e. The minimum absolute atomic E-state index is 0.113. The van der Waals surface area contributed by atoms with Crippen LogP contribution in [-0.2, 0) is 6.42 Å². The molecule has 1 saturated heterocycles. The predicted molar refractivity (Wildman–Crippen MR) is 131 cm³/mol. The van der Waals surface area contributed by atoms with Crippen LogP contribution in [0.2, 0.25) is 10.4 Å². The third kappa shape index (κ3) is 3.01. The summed E-state index contributed by atoms with van der Waals surface area (Å²) >= 11 is 0. The van der Waals surface area contributed by atoms with Crippen molar-refractivity contribution >= 4 is 56.6 Å². The molecule has 1 amide bonds. The summed E-state index contributed by atoms with van der Waals surface area (Å²) in [5.41, 5.74) is 3.04. The van der Waals surface area contributed by atoms with Gasteiger partial charge in [0.1, 0.15) is 17.2 Å². The average Bonchev–Trinajstić information content (AvgIpc) is 3.34. The highest BCUT2D eigenvalue weighted by Crippen LogP contribution is 2.76. The van der Waals surface area contributed by atoms with E-state index in [-0.39, 0.29) is 18.2 Å². The van der Waals surface area contributed by atoms with Crippen molar-refractivity contribution < 1.29 is 9.18 Å². The average molecular weight is 456 g/mol. The van der Waals surface area contributed by atoms with Gasteiger partial charge in [0.15, 0.2) is 5.65 Å². The van der Waals surface area contributed by atoms with Crippen molar-refractivity contribution in [1.82, 2.24) is 30.0 Å². The Bertz CT molecular complexity index is 1350.